The normalized spacial score (nSPS) is 14.7. The zero-order chi connectivity index (χ0) is 36.8. The van der Waals surface area contributed by atoms with Crippen molar-refractivity contribution in [2.24, 2.45) is 0 Å². The standard InChI is InChI=1S/C47H50N2O4/c50-42-26-22-40(23-27-42)46(36-8-3-1-4-9-36)38-18-12-34(13-19-38)16-30-44(52)48-32-7-33-49-45(53)31-17-35-14-20-39(21-15-35)47(37-10-5-2-6-11-37)41-24-28-43(51)29-25-41/h12-31,50-51H,1-11,32-33H2,(H,48,52)(H,49,53)/b30-16+,31-17+. The van der Waals surface area contributed by atoms with Crippen molar-refractivity contribution in [2.75, 3.05) is 13.1 Å². The van der Waals surface area contributed by atoms with Crippen molar-refractivity contribution in [3.63, 3.8) is 0 Å². The summed E-state index contributed by atoms with van der Waals surface area (Å²) >= 11 is 0. The molecule has 4 aromatic carbocycles. The van der Waals surface area contributed by atoms with E-state index in [1.54, 1.807) is 36.4 Å². The molecule has 0 bridgehead atoms. The molecule has 0 spiro atoms. The number of allylic oxidation sites excluding steroid dienone is 2. The number of carbonyl (C=O) groups is 2. The lowest BCUT2D eigenvalue weighted by Gasteiger charge is -2.20. The number of phenolic OH excluding ortho intramolecular Hbond substituents is 2. The first-order valence-corrected chi connectivity index (χ1v) is 19.1. The van der Waals surface area contributed by atoms with Crippen LogP contribution < -0.4 is 10.6 Å². The SMILES string of the molecule is O=C(/C=C/c1ccc(C(=C2CCCCC2)c2ccc(O)cc2)cc1)NCCCNC(=O)/C=C/c1ccc(C(=C2CCCCC2)c2ccc(O)cc2)cc1. The molecule has 0 radical (unpaired) electrons. The van der Waals surface area contributed by atoms with Gasteiger partial charge in [-0.25, -0.2) is 0 Å². The maximum absolute atomic E-state index is 12.5. The second-order valence-corrected chi connectivity index (χ2v) is 14.0. The molecule has 6 heteroatoms. The number of hydrogen-bond acceptors (Lipinski definition) is 4. The summed E-state index contributed by atoms with van der Waals surface area (Å²) in [5.74, 6) is 0.179. The van der Waals surface area contributed by atoms with Gasteiger partial charge >= 0.3 is 0 Å². The van der Waals surface area contributed by atoms with E-state index < -0.39 is 0 Å². The number of hydrogen-bond donors (Lipinski definition) is 4. The van der Waals surface area contributed by atoms with E-state index in [0.29, 0.717) is 19.5 Å². The number of carbonyl (C=O) groups excluding carboxylic acids is 2. The van der Waals surface area contributed by atoms with Crippen LogP contribution in [-0.2, 0) is 9.59 Å². The van der Waals surface area contributed by atoms with Gasteiger partial charge in [0.2, 0.25) is 11.8 Å². The first kappa shape index (κ1) is 37.1. The first-order chi connectivity index (χ1) is 25.9. The molecule has 4 aromatic rings. The quantitative estimate of drug-likeness (QED) is 0.0871. The maximum Gasteiger partial charge on any atom is 0.244 e. The van der Waals surface area contributed by atoms with E-state index in [2.05, 4.69) is 34.9 Å². The third kappa shape index (κ3) is 10.7. The molecule has 272 valence electrons. The van der Waals surface area contributed by atoms with Crippen LogP contribution >= 0.6 is 0 Å². The van der Waals surface area contributed by atoms with E-state index in [9.17, 15) is 19.8 Å². The van der Waals surface area contributed by atoms with Gasteiger partial charge in [0.15, 0.2) is 0 Å². The lowest BCUT2D eigenvalue weighted by molar-refractivity contribution is -0.116. The van der Waals surface area contributed by atoms with E-state index in [0.717, 1.165) is 59.1 Å². The molecule has 4 N–H and O–H groups in total. The van der Waals surface area contributed by atoms with Crippen LogP contribution in [0.2, 0.25) is 0 Å². The van der Waals surface area contributed by atoms with Crippen LogP contribution in [0.4, 0.5) is 0 Å². The summed E-state index contributed by atoms with van der Waals surface area (Å²) in [6.07, 6.45) is 19.1. The zero-order valence-corrected chi connectivity index (χ0v) is 30.5. The van der Waals surface area contributed by atoms with Gasteiger partial charge in [-0.1, -0.05) is 96.8 Å². The van der Waals surface area contributed by atoms with Crippen LogP contribution in [0.1, 0.15) is 104 Å². The highest BCUT2D eigenvalue weighted by Crippen LogP contribution is 2.37. The lowest BCUT2D eigenvalue weighted by atomic mass is 9.85. The Kier molecular flexibility index (Phi) is 13.1. The molecule has 0 aliphatic heterocycles. The molecular weight excluding hydrogens is 657 g/mol. The molecule has 53 heavy (non-hydrogen) atoms. The topological polar surface area (TPSA) is 98.7 Å². The van der Waals surface area contributed by atoms with Gasteiger partial charge in [-0.2, -0.15) is 0 Å². The van der Waals surface area contributed by atoms with Crippen molar-refractivity contribution >= 4 is 35.1 Å². The van der Waals surface area contributed by atoms with Gasteiger partial charge in [0.05, 0.1) is 0 Å². The van der Waals surface area contributed by atoms with E-state index in [1.807, 2.05) is 60.7 Å². The third-order valence-corrected chi connectivity index (χ3v) is 10.1. The monoisotopic (exact) mass is 706 g/mol. The Balaban J connectivity index is 0.947. The van der Waals surface area contributed by atoms with Crippen molar-refractivity contribution in [1.82, 2.24) is 10.6 Å². The number of benzene rings is 4. The van der Waals surface area contributed by atoms with Crippen LogP contribution in [0.25, 0.3) is 23.3 Å². The molecule has 0 aromatic heterocycles. The van der Waals surface area contributed by atoms with Crippen molar-refractivity contribution in [3.05, 3.63) is 154 Å². The predicted molar refractivity (Wildman–Crippen MR) is 216 cm³/mol. The number of aromatic hydroxyl groups is 2. The van der Waals surface area contributed by atoms with Crippen molar-refractivity contribution in [3.8, 4) is 11.5 Å². The molecule has 0 unspecified atom stereocenters. The minimum atomic E-state index is -0.175. The average Bonchev–Trinajstić information content (AvgIpc) is 3.19. The number of nitrogens with one attached hydrogen (secondary N) is 2. The third-order valence-electron chi connectivity index (χ3n) is 10.1. The Labute approximate surface area is 313 Å². The number of phenols is 2. The van der Waals surface area contributed by atoms with Gasteiger partial charge in [-0.05, 0) is 139 Å². The molecular formula is C47H50N2O4. The largest absolute Gasteiger partial charge is 0.508 e. The molecule has 2 saturated carbocycles. The van der Waals surface area contributed by atoms with Crippen molar-refractivity contribution < 1.29 is 19.8 Å². The van der Waals surface area contributed by atoms with Gasteiger partial charge in [-0.15, -0.1) is 0 Å². The Morgan fingerprint density at radius 1 is 0.472 bits per heavy atom. The van der Waals surface area contributed by atoms with E-state index in [1.165, 1.54) is 60.8 Å². The molecule has 0 heterocycles. The minimum Gasteiger partial charge on any atom is -0.508 e. The molecule has 6 nitrogen and oxygen atoms in total. The summed E-state index contributed by atoms with van der Waals surface area (Å²) < 4.78 is 0. The van der Waals surface area contributed by atoms with Crippen molar-refractivity contribution in [1.29, 1.82) is 0 Å². The second-order valence-electron chi connectivity index (χ2n) is 14.0. The van der Waals surface area contributed by atoms with Gasteiger partial charge in [0.25, 0.3) is 0 Å². The Morgan fingerprint density at radius 3 is 1.13 bits per heavy atom. The van der Waals surface area contributed by atoms with Gasteiger partial charge in [0, 0.05) is 25.2 Å². The van der Waals surface area contributed by atoms with Crippen LogP contribution in [0, 0.1) is 0 Å². The smallest absolute Gasteiger partial charge is 0.244 e. The van der Waals surface area contributed by atoms with E-state index in [4.69, 9.17) is 0 Å². The van der Waals surface area contributed by atoms with Crippen LogP contribution in [0.3, 0.4) is 0 Å². The number of amides is 2. The van der Waals surface area contributed by atoms with Crippen molar-refractivity contribution in [2.45, 2.75) is 70.6 Å². The van der Waals surface area contributed by atoms with Gasteiger partial charge in [0.1, 0.15) is 11.5 Å². The molecule has 0 atom stereocenters. The summed E-state index contributed by atoms with van der Waals surface area (Å²) in [4.78, 5) is 25.0. The average molecular weight is 707 g/mol. The summed E-state index contributed by atoms with van der Waals surface area (Å²) in [7, 11) is 0. The zero-order valence-electron chi connectivity index (χ0n) is 30.5. The lowest BCUT2D eigenvalue weighted by Crippen LogP contribution is -2.28. The Morgan fingerprint density at radius 2 is 0.792 bits per heavy atom. The molecule has 6 rings (SSSR count). The highest BCUT2D eigenvalue weighted by molar-refractivity contribution is 5.92. The first-order valence-electron chi connectivity index (χ1n) is 19.1. The highest BCUT2D eigenvalue weighted by atomic mass is 16.3. The highest BCUT2D eigenvalue weighted by Gasteiger charge is 2.16. The molecule has 2 aliphatic rings. The van der Waals surface area contributed by atoms with Gasteiger partial charge < -0.3 is 20.8 Å². The summed E-state index contributed by atoms with van der Waals surface area (Å²) in [5.41, 5.74) is 11.8. The van der Waals surface area contributed by atoms with E-state index in [-0.39, 0.29) is 23.3 Å². The maximum atomic E-state index is 12.5. The fraction of sp³-hybridized carbons (Fsp3) is 0.277. The Bertz CT molecular complexity index is 1810. The fourth-order valence-electron chi connectivity index (χ4n) is 7.36. The molecule has 2 amide bonds. The second kappa shape index (κ2) is 18.7. The minimum absolute atomic E-state index is 0.175. The molecule has 2 aliphatic carbocycles. The predicted octanol–water partition coefficient (Wildman–Crippen LogP) is 9.98. The number of rotatable bonds is 12. The van der Waals surface area contributed by atoms with E-state index >= 15 is 0 Å². The van der Waals surface area contributed by atoms with Gasteiger partial charge in [-0.3, -0.25) is 9.59 Å². The summed E-state index contributed by atoms with van der Waals surface area (Å²) in [5, 5.41) is 25.4. The molecule has 2 fully saturated rings. The fourth-order valence-corrected chi connectivity index (χ4v) is 7.36. The Hall–Kier alpha value is -5.62. The van der Waals surface area contributed by atoms with Crippen LogP contribution in [0.5, 0.6) is 11.5 Å². The summed E-state index contributed by atoms with van der Waals surface area (Å²) in [6, 6.07) is 31.5. The van der Waals surface area contributed by atoms with Crippen LogP contribution in [-0.4, -0.2) is 35.1 Å². The van der Waals surface area contributed by atoms with Crippen LogP contribution in [0.15, 0.2) is 120 Å². The summed E-state index contributed by atoms with van der Waals surface area (Å²) in [6.45, 7) is 0.909. The molecule has 0 saturated heterocycles.